The summed E-state index contributed by atoms with van der Waals surface area (Å²) >= 11 is 0. The van der Waals surface area contributed by atoms with Crippen molar-refractivity contribution in [2.24, 2.45) is 0 Å². The zero-order chi connectivity index (χ0) is 22.3. The van der Waals surface area contributed by atoms with Gasteiger partial charge in [0.25, 0.3) is 0 Å². The summed E-state index contributed by atoms with van der Waals surface area (Å²) in [6.07, 6.45) is 6.21. The maximum absolute atomic E-state index is 12.9. The van der Waals surface area contributed by atoms with E-state index in [1.165, 1.54) is 0 Å². The van der Waals surface area contributed by atoms with Crippen LogP contribution in [0, 0.1) is 0 Å². The Balaban J connectivity index is 1.31. The van der Waals surface area contributed by atoms with Crippen LogP contribution in [0.4, 0.5) is 0 Å². The van der Waals surface area contributed by atoms with Crippen LogP contribution in [0.5, 0.6) is 5.75 Å². The van der Waals surface area contributed by atoms with Gasteiger partial charge in [-0.3, -0.25) is 14.7 Å². The van der Waals surface area contributed by atoms with E-state index in [1.54, 1.807) is 19.5 Å². The van der Waals surface area contributed by atoms with E-state index in [-0.39, 0.29) is 11.8 Å². The number of pyridine rings is 1. The minimum absolute atomic E-state index is 0.137. The Morgan fingerprint density at radius 3 is 2.81 bits per heavy atom. The molecule has 0 spiro atoms. The molecule has 32 heavy (non-hydrogen) atoms. The number of nitrogens with zero attached hydrogens (tertiary/aromatic N) is 4. The summed E-state index contributed by atoms with van der Waals surface area (Å²) in [7, 11) is 3.61. The predicted octanol–water partition coefficient (Wildman–Crippen LogP) is 3.51. The Labute approximate surface area is 189 Å². The SMILES string of the molecule is COc1ccc(Cc2cnc([C@H]3CCCN(C(=O)CN(C)Cc4ccccn4)C3)o2)cc1. The standard InChI is InChI=1S/C25H30N4O3/c1-28(17-21-7-3-4-12-26-21)18-24(30)29-13-5-6-20(16-29)25-27-15-23(32-25)14-19-8-10-22(31-2)11-9-19/h3-4,7-12,15,20H,5-6,13-14,16-18H2,1-2H3/t20-/m0/s1. The second-order valence-electron chi connectivity index (χ2n) is 8.36. The third kappa shape index (κ3) is 5.73. The van der Waals surface area contributed by atoms with Gasteiger partial charge in [-0.25, -0.2) is 4.98 Å². The van der Waals surface area contributed by atoms with Crippen LogP contribution in [0.15, 0.2) is 59.3 Å². The lowest BCUT2D eigenvalue weighted by Gasteiger charge is -2.32. The van der Waals surface area contributed by atoms with Crippen LogP contribution >= 0.6 is 0 Å². The van der Waals surface area contributed by atoms with Crippen LogP contribution < -0.4 is 4.74 Å². The van der Waals surface area contributed by atoms with Gasteiger partial charge >= 0.3 is 0 Å². The number of likely N-dealkylation sites (tertiary alicyclic amines) is 1. The molecule has 0 radical (unpaired) electrons. The average molecular weight is 435 g/mol. The van der Waals surface area contributed by atoms with Crippen LogP contribution in [0.2, 0.25) is 0 Å². The molecule has 3 heterocycles. The van der Waals surface area contributed by atoms with Crippen molar-refractivity contribution < 1.29 is 13.9 Å². The first-order valence-electron chi connectivity index (χ1n) is 11.0. The number of piperidine rings is 1. The van der Waals surface area contributed by atoms with Crippen molar-refractivity contribution in [3.05, 3.63) is 77.8 Å². The highest BCUT2D eigenvalue weighted by Crippen LogP contribution is 2.27. The van der Waals surface area contributed by atoms with Crippen LogP contribution in [0.3, 0.4) is 0 Å². The van der Waals surface area contributed by atoms with E-state index in [9.17, 15) is 4.79 Å². The van der Waals surface area contributed by atoms with Gasteiger partial charge in [-0.1, -0.05) is 18.2 Å². The molecule has 0 saturated carbocycles. The smallest absolute Gasteiger partial charge is 0.236 e. The monoisotopic (exact) mass is 434 g/mol. The molecule has 1 atom stereocenters. The van der Waals surface area contributed by atoms with E-state index in [4.69, 9.17) is 9.15 Å². The maximum Gasteiger partial charge on any atom is 0.236 e. The number of hydrogen-bond acceptors (Lipinski definition) is 6. The number of hydrogen-bond donors (Lipinski definition) is 0. The van der Waals surface area contributed by atoms with E-state index >= 15 is 0 Å². The lowest BCUT2D eigenvalue weighted by molar-refractivity contribution is -0.133. The molecule has 1 amide bonds. The minimum Gasteiger partial charge on any atom is -0.497 e. The van der Waals surface area contributed by atoms with Crippen molar-refractivity contribution in [1.82, 2.24) is 19.8 Å². The molecule has 7 heteroatoms. The summed E-state index contributed by atoms with van der Waals surface area (Å²) in [5.41, 5.74) is 2.10. The molecule has 1 aliphatic rings. The second kappa shape index (κ2) is 10.4. The van der Waals surface area contributed by atoms with Gasteiger partial charge in [0.2, 0.25) is 5.91 Å². The normalized spacial score (nSPS) is 16.3. The van der Waals surface area contributed by atoms with Gasteiger partial charge in [-0.2, -0.15) is 0 Å². The zero-order valence-electron chi connectivity index (χ0n) is 18.7. The number of aromatic nitrogens is 2. The number of rotatable bonds is 8. The van der Waals surface area contributed by atoms with Gasteiger partial charge in [0, 0.05) is 32.3 Å². The van der Waals surface area contributed by atoms with E-state index in [0.29, 0.717) is 26.1 Å². The number of likely N-dealkylation sites (N-methyl/N-ethyl adjacent to an activating group) is 1. The highest BCUT2D eigenvalue weighted by molar-refractivity contribution is 5.78. The Kier molecular flexibility index (Phi) is 7.17. The highest BCUT2D eigenvalue weighted by atomic mass is 16.5. The van der Waals surface area contributed by atoms with Crippen molar-refractivity contribution in [1.29, 1.82) is 0 Å². The zero-order valence-corrected chi connectivity index (χ0v) is 18.7. The topological polar surface area (TPSA) is 71.7 Å². The third-order valence-corrected chi connectivity index (χ3v) is 5.80. The number of carbonyl (C=O) groups is 1. The largest absolute Gasteiger partial charge is 0.497 e. The first-order chi connectivity index (χ1) is 15.6. The number of oxazole rings is 1. The van der Waals surface area contributed by atoms with Crippen molar-refractivity contribution in [3.63, 3.8) is 0 Å². The van der Waals surface area contributed by atoms with Gasteiger partial charge in [-0.05, 0) is 49.7 Å². The summed E-state index contributed by atoms with van der Waals surface area (Å²) < 4.78 is 11.3. The molecular weight excluding hydrogens is 404 g/mol. The maximum atomic E-state index is 12.9. The van der Waals surface area contributed by atoms with Crippen LogP contribution in [-0.4, -0.2) is 59.5 Å². The molecule has 4 rings (SSSR count). The summed E-state index contributed by atoms with van der Waals surface area (Å²) in [5.74, 6) is 2.68. The van der Waals surface area contributed by atoms with Crippen molar-refractivity contribution >= 4 is 5.91 Å². The van der Waals surface area contributed by atoms with E-state index in [0.717, 1.165) is 48.0 Å². The molecule has 0 unspecified atom stereocenters. The Hall–Kier alpha value is -3.19. The Morgan fingerprint density at radius 2 is 2.06 bits per heavy atom. The van der Waals surface area contributed by atoms with Crippen LogP contribution in [-0.2, 0) is 17.8 Å². The number of carbonyl (C=O) groups excluding carboxylic acids is 1. The van der Waals surface area contributed by atoms with E-state index in [1.807, 2.05) is 59.3 Å². The fourth-order valence-electron chi connectivity index (χ4n) is 4.10. The van der Waals surface area contributed by atoms with Gasteiger partial charge in [0.15, 0.2) is 5.89 Å². The van der Waals surface area contributed by atoms with Gasteiger partial charge in [0.05, 0.1) is 31.5 Å². The fourth-order valence-corrected chi connectivity index (χ4v) is 4.10. The summed E-state index contributed by atoms with van der Waals surface area (Å²) in [6.45, 7) is 2.46. The molecule has 1 aliphatic heterocycles. The van der Waals surface area contributed by atoms with Gasteiger partial charge < -0.3 is 14.1 Å². The van der Waals surface area contributed by atoms with Crippen molar-refractivity contribution in [2.45, 2.75) is 31.7 Å². The van der Waals surface area contributed by atoms with Gasteiger partial charge in [-0.15, -0.1) is 0 Å². The molecule has 0 bridgehead atoms. The molecule has 0 aliphatic carbocycles. The average Bonchev–Trinajstić information content (AvgIpc) is 3.29. The Morgan fingerprint density at radius 1 is 1.22 bits per heavy atom. The van der Waals surface area contributed by atoms with Crippen LogP contribution in [0.1, 0.15) is 41.7 Å². The Bertz CT molecular complexity index is 1000. The fraction of sp³-hybridized carbons (Fsp3) is 0.400. The molecule has 1 aromatic carbocycles. The lowest BCUT2D eigenvalue weighted by Crippen LogP contribution is -2.43. The van der Waals surface area contributed by atoms with Gasteiger partial charge in [0.1, 0.15) is 11.5 Å². The molecule has 168 valence electrons. The molecule has 1 saturated heterocycles. The highest BCUT2D eigenvalue weighted by Gasteiger charge is 2.28. The number of amides is 1. The quantitative estimate of drug-likeness (QED) is 0.540. The third-order valence-electron chi connectivity index (χ3n) is 5.80. The molecular formula is C25H30N4O3. The predicted molar refractivity (Wildman–Crippen MR) is 121 cm³/mol. The first-order valence-corrected chi connectivity index (χ1v) is 11.0. The van der Waals surface area contributed by atoms with Crippen molar-refractivity contribution in [2.75, 3.05) is 33.8 Å². The van der Waals surface area contributed by atoms with Crippen LogP contribution in [0.25, 0.3) is 0 Å². The van der Waals surface area contributed by atoms with E-state index < -0.39 is 0 Å². The van der Waals surface area contributed by atoms with E-state index in [2.05, 4.69) is 9.97 Å². The minimum atomic E-state index is 0.137. The number of methoxy groups -OCH3 is 1. The first kappa shape index (κ1) is 22.0. The molecule has 2 aromatic heterocycles. The summed E-state index contributed by atoms with van der Waals surface area (Å²) in [5, 5.41) is 0. The summed E-state index contributed by atoms with van der Waals surface area (Å²) in [4.78, 5) is 25.7. The molecule has 3 aromatic rings. The second-order valence-corrected chi connectivity index (χ2v) is 8.36. The van der Waals surface area contributed by atoms with Crippen molar-refractivity contribution in [3.8, 4) is 5.75 Å². The molecule has 7 nitrogen and oxygen atoms in total. The number of ether oxygens (including phenoxy) is 1. The summed E-state index contributed by atoms with van der Waals surface area (Å²) in [6, 6.07) is 13.8. The lowest BCUT2D eigenvalue weighted by atomic mass is 9.98. The molecule has 0 N–H and O–H groups in total. The number of benzene rings is 1. The molecule has 1 fully saturated rings.